The third-order valence-corrected chi connectivity index (χ3v) is 3.16. The molecule has 0 radical (unpaired) electrons. The average molecular weight is 308 g/mol. The molecule has 5 N–H and O–H groups in total. The molecule has 0 saturated carbocycles. The third kappa shape index (κ3) is 2.99. The summed E-state index contributed by atoms with van der Waals surface area (Å²) in [4.78, 5) is 11.9. The molecule has 0 bridgehead atoms. The smallest absolute Gasteiger partial charge is 0.343 e. The van der Waals surface area contributed by atoms with Gasteiger partial charge in [0.05, 0.1) is 6.61 Å². The number of halogens is 2. The lowest BCUT2D eigenvalue weighted by Gasteiger charge is -2.12. The van der Waals surface area contributed by atoms with Crippen LogP contribution in [0.25, 0.3) is 0 Å². The molecular weight excluding hydrogens is 294 g/mol. The third-order valence-electron chi connectivity index (χ3n) is 3.16. The zero-order valence-corrected chi connectivity index (χ0v) is 11.5. The van der Waals surface area contributed by atoms with Crippen LogP contribution >= 0.6 is 0 Å². The number of esters is 1. The summed E-state index contributed by atoms with van der Waals surface area (Å²) in [7, 11) is 0. The number of carbonyl (C=O) groups excluding carboxylic acids is 1. The Morgan fingerprint density at radius 1 is 1.14 bits per heavy atom. The van der Waals surface area contributed by atoms with Crippen LogP contribution < -0.4 is 11.5 Å². The summed E-state index contributed by atoms with van der Waals surface area (Å²) in [6, 6.07) is 6.25. The van der Waals surface area contributed by atoms with E-state index in [1.165, 1.54) is 18.2 Å². The summed E-state index contributed by atoms with van der Waals surface area (Å²) in [5.41, 5.74) is 11.0. The number of anilines is 2. The fraction of sp³-hybridized carbons (Fsp3) is 0.133. The summed E-state index contributed by atoms with van der Waals surface area (Å²) in [6.45, 7) is -0.883. The highest BCUT2D eigenvalue weighted by Crippen LogP contribution is 2.23. The van der Waals surface area contributed by atoms with Gasteiger partial charge in [-0.1, -0.05) is 12.1 Å². The maximum absolute atomic E-state index is 13.6. The molecule has 0 heterocycles. The van der Waals surface area contributed by atoms with Crippen molar-refractivity contribution < 1.29 is 23.4 Å². The van der Waals surface area contributed by atoms with E-state index < -0.39 is 24.2 Å². The Bertz CT molecular complexity index is 700. The Kier molecular flexibility index (Phi) is 4.57. The molecule has 0 unspecified atom stereocenters. The van der Waals surface area contributed by atoms with Crippen LogP contribution in [0.3, 0.4) is 0 Å². The normalized spacial score (nSPS) is 10.5. The SMILES string of the molecule is Nc1cccc(F)c1C(=O)OCc1ccc(F)c(CO)c1N. The first-order valence-electron chi connectivity index (χ1n) is 6.33. The van der Waals surface area contributed by atoms with E-state index in [9.17, 15) is 13.6 Å². The number of aliphatic hydroxyl groups excluding tert-OH is 1. The highest BCUT2D eigenvalue weighted by molar-refractivity contribution is 5.95. The Labute approximate surface area is 125 Å². The molecular formula is C15H14F2N2O3. The first-order valence-corrected chi connectivity index (χ1v) is 6.33. The predicted molar refractivity (Wildman–Crippen MR) is 76.7 cm³/mol. The van der Waals surface area contributed by atoms with Gasteiger partial charge >= 0.3 is 5.97 Å². The van der Waals surface area contributed by atoms with Gasteiger partial charge in [0.15, 0.2) is 0 Å². The van der Waals surface area contributed by atoms with Crippen molar-refractivity contribution in [1.82, 2.24) is 0 Å². The van der Waals surface area contributed by atoms with Crippen molar-refractivity contribution in [2.75, 3.05) is 11.5 Å². The predicted octanol–water partition coefficient (Wildman–Crippen LogP) is 1.98. The second-order valence-corrected chi connectivity index (χ2v) is 4.54. The first-order chi connectivity index (χ1) is 10.5. The minimum atomic E-state index is -0.954. The number of ether oxygens (including phenoxy) is 1. The molecule has 22 heavy (non-hydrogen) atoms. The number of hydrogen-bond acceptors (Lipinski definition) is 5. The van der Waals surface area contributed by atoms with Crippen molar-refractivity contribution in [2.45, 2.75) is 13.2 Å². The van der Waals surface area contributed by atoms with E-state index in [-0.39, 0.29) is 29.1 Å². The van der Waals surface area contributed by atoms with Crippen LogP contribution in [0.2, 0.25) is 0 Å². The lowest BCUT2D eigenvalue weighted by atomic mass is 10.1. The second-order valence-electron chi connectivity index (χ2n) is 4.54. The zero-order chi connectivity index (χ0) is 16.3. The van der Waals surface area contributed by atoms with Gasteiger partial charge in [0.1, 0.15) is 23.8 Å². The van der Waals surface area contributed by atoms with E-state index in [1.807, 2.05) is 0 Å². The van der Waals surface area contributed by atoms with Crippen molar-refractivity contribution in [3.05, 3.63) is 58.7 Å². The van der Waals surface area contributed by atoms with Crippen LogP contribution in [-0.2, 0) is 18.0 Å². The standard InChI is InChI=1S/C15H14F2N2O3/c16-10-5-4-8(14(19)9(10)6-20)7-22-15(21)13-11(17)2-1-3-12(13)18/h1-5,20H,6-7,18-19H2. The number of nitrogen functional groups attached to an aromatic ring is 2. The Balaban J connectivity index is 2.19. The van der Waals surface area contributed by atoms with E-state index in [1.54, 1.807) is 0 Å². The van der Waals surface area contributed by atoms with Crippen molar-refractivity contribution in [1.29, 1.82) is 0 Å². The molecule has 0 atom stereocenters. The Morgan fingerprint density at radius 3 is 2.50 bits per heavy atom. The first kappa shape index (κ1) is 15.7. The molecule has 116 valence electrons. The molecule has 2 aromatic carbocycles. The van der Waals surface area contributed by atoms with E-state index in [0.717, 1.165) is 12.1 Å². The van der Waals surface area contributed by atoms with Crippen LogP contribution in [0.5, 0.6) is 0 Å². The summed E-state index contributed by atoms with van der Waals surface area (Å²) in [5, 5.41) is 9.06. The van der Waals surface area contributed by atoms with Crippen LogP contribution in [-0.4, -0.2) is 11.1 Å². The lowest BCUT2D eigenvalue weighted by Crippen LogP contribution is -2.12. The number of benzene rings is 2. The molecule has 0 saturated heterocycles. The quantitative estimate of drug-likeness (QED) is 0.592. The molecule has 5 nitrogen and oxygen atoms in total. The number of aliphatic hydroxyl groups is 1. The molecule has 0 aliphatic rings. The fourth-order valence-electron chi connectivity index (χ4n) is 1.94. The molecule has 0 spiro atoms. The van der Waals surface area contributed by atoms with Crippen molar-refractivity contribution in [2.24, 2.45) is 0 Å². The van der Waals surface area contributed by atoms with Gasteiger partial charge in [-0.15, -0.1) is 0 Å². The van der Waals surface area contributed by atoms with Crippen LogP contribution in [0.4, 0.5) is 20.2 Å². The Morgan fingerprint density at radius 2 is 1.86 bits per heavy atom. The minimum Gasteiger partial charge on any atom is -0.457 e. The average Bonchev–Trinajstić information content (AvgIpc) is 2.47. The molecule has 0 aromatic heterocycles. The van der Waals surface area contributed by atoms with Gasteiger partial charge in [-0.25, -0.2) is 13.6 Å². The van der Waals surface area contributed by atoms with Crippen LogP contribution in [0.1, 0.15) is 21.5 Å². The van der Waals surface area contributed by atoms with E-state index in [2.05, 4.69) is 0 Å². The molecule has 2 rings (SSSR count). The highest BCUT2D eigenvalue weighted by Gasteiger charge is 2.18. The van der Waals surface area contributed by atoms with E-state index in [0.29, 0.717) is 5.56 Å². The fourth-order valence-corrected chi connectivity index (χ4v) is 1.94. The van der Waals surface area contributed by atoms with Gasteiger partial charge in [-0.3, -0.25) is 0 Å². The number of hydrogen-bond donors (Lipinski definition) is 3. The van der Waals surface area contributed by atoms with Gasteiger partial charge in [0.25, 0.3) is 0 Å². The number of nitrogens with two attached hydrogens (primary N) is 2. The Hall–Kier alpha value is -2.67. The summed E-state index contributed by atoms with van der Waals surface area (Å²) >= 11 is 0. The van der Waals surface area contributed by atoms with Crippen LogP contribution in [0, 0.1) is 11.6 Å². The van der Waals surface area contributed by atoms with Crippen molar-refractivity contribution in [3.63, 3.8) is 0 Å². The monoisotopic (exact) mass is 308 g/mol. The largest absolute Gasteiger partial charge is 0.457 e. The summed E-state index contributed by atoms with van der Waals surface area (Å²) in [5.74, 6) is -2.41. The van der Waals surface area contributed by atoms with E-state index in [4.69, 9.17) is 21.3 Å². The molecule has 7 heteroatoms. The van der Waals surface area contributed by atoms with Gasteiger partial charge in [-0.2, -0.15) is 0 Å². The zero-order valence-electron chi connectivity index (χ0n) is 11.5. The topological polar surface area (TPSA) is 98.6 Å². The molecule has 0 amide bonds. The maximum atomic E-state index is 13.6. The second kappa shape index (κ2) is 6.40. The van der Waals surface area contributed by atoms with Gasteiger partial charge < -0.3 is 21.3 Å². The van der Waals surface area contributed by atoms with Crippen molar-refractivity contribution in [3.8, 4) is 0 Å². The summed E-state index contributed by atoms with van der Waals surface area (Å²) < 4.78 is 31.9. The number of rotatable bonds is 4. The lowest BCUT2D eigenvalue weighted by molar-refractivity contribution is 0.0469. The molecule has 0 aliphatic carbocycles. The minimum absolute atomic E-state index is 0.0168. The summed E-state index contributed by atoms with van der Waals surface area (Å²) in [6.07, 6.45) is 0. The van der Waals surface area contributed by atoms with Gasteiger partial charge in [0.2, 0.25) is 0 Å². The van der Waals surface area contributed by atoms with Crippen molar-refractivity contribution >= 4 is 17.3 Å². The molecule has 2 aromatic rings. The number of carbonyl (C=O) groups is 1. The highest BCUT2D eigenvalue weighted by atomic mass is 19.1. The molecule has 0 aliphatic heterocycles. The van der Waals surface area contributed by atoms with Gasteiger partial charge in [0, 0.05) is 22.5 Å². The van der Waals surface area contributed by atoms with E-state index >= 15 is 0 Å². The molecule has 0 fully saturated rings. The maximum Gasteiger partial charge on any atom is 0.343 e. The van der Waals surface area contributed by atoms with Crippen LogP contribution in [0.15, 0.2) is 30.3 Å². The van der Waals surface area contributed by atoms with Gasteiger partial charge in [-0.05, 0) is 18.2 Å².